The summed E-state index contributed by atoms with van der Waals surface area (Å²) in [5.74, 6) is -1.55. The molecule has 3 rings (SSSR count). The highest BCUT2D eigenvalue weighted by Gasteiger charge is 2.36. The maximum Gasteiger partial charge on any atom is 0.416 e. The SMILES string of the molecule is O=C(O)c1cc2ccc(CNc3cc(C(F)(F)F)cc(C(F)(F)F)c3)cc2o1. The number of furan rings is 1. The van der Waals surface area contributed by atoms with Gasteiger partial charge in [0.2, 0.25) is 5.76 Å². The van der Waals surface area contributed by atoms with Gasteiger partial charge in [0.25, 0.3) is 0 Å². The van der Waals surface area contributed by atoms with Crippen LogP contribution in [0.2, 0.25) is 0 Å². The van der Waals surface area contributed by atoms with Crippen LogP contribution in [0.4, 0.5) is 32.0 Å². The van der Waals surface area contributed by atoms with Gasteiger partial charge in [-0.2, -0.15) is 26.3 Å². The summed E-state index contributed by atoms with van der Waals surface area (Å²) in [4.78, 5) is 10.9. The van der Waals surface area contributed by atoms with Crippen molar-refractivity contribution >= 4 is 22.6 Å². The van der Waals surface area contributed by atoms with Crippen molar-refractivity contribution in [2.75, 3.05) is 5.32 Å². The first-order chi connectivity index (χ1) is 12.9. The van der Waals surface area contributed by atoms with Crippen molar-refractivity contribution in [1.82, 2.24) is 0 Å². The number of hydrogen-bond donors (Lipinski definition) is 2. The van der Waals surface area contributed by atoms with Crippen molar-refractivity contribution in [2.45, 2.75) is 18.9 Å². The summed E-state index contributed by atoms with van der Waals surface area (Å²) in [5.41, 5.74) is -2.48. The molecule has 0 saturated carbocycles. The summed E-state index contributed by atoms with van der Waals surface area (Å²) in [6.07, 6.45) is -9.87. The van der Waals surface area contributed by atoms with Gasteiger partial charge in [-0.3, -0.25) is 0 Å². The molecule has 0 bridgehead atoms. The number of halogens is 6. The van der Waals surface area contributed by atoms with Gasteiger partial charge in [0, 0.05) is 17.6 Å². The predicted octanol–water partition coefficient (Wildman–Crippen LogP) is 5.78. The van der Waals surface area contributed by atoms with E-state index < -0.39 is 29.4 Å². The van der Waals surface area contributed by atoms with Crippen molar-refractivity contribution in [1.29, 1.82) is 0 Å². The lowest BCUT2D eigenvalue weighted by atomic mass is 10.1. The third-order valence-corrected chi connectivity index (χ3v) is 3.88. The second-order valence-corrected chi connectivity index (χ2v) is 5.94. The Hall–Kier alpha value is -3.17. The number of aromatic carboxylic acids is 1. The van der Waals surface area contributed by atoms with Gasteiger partial charge in [-0.05, 0) is 35.9 Å². The number of carboxylic acid groups (broad SMARTS) is 1. The molecule has 0 saturated heterocycles. The Labute approximate surface area is 153 Å². The minimum atomic E-state index is -4.93. The Kier molecular flexibility index (Phi) is 4.74. The maximum absolute atomic E-state index is 12.9. The summed E-state index contributed by atoms with van der Waals surface area (Å²) in [7, 11) is 0. The fourth-order valence-electron chi connectivity index (χ4n) is 2.55. The fourth-order valence-corrected chi connectivity index (χ4v) is 2.55. The van der Waals surface area contributed by atoms with Crippen LogP contribution in [0.1, 0.15) is 27.2 Å². The predicted molar refractivity (Wildman–Crippen MR) is 86.9 cm³/mol. The van der Waals surface area contributed by atoms with Crippen LogP contribution in [0, 0.1) is 0 Å². The van der Waals surface area contributed by atoms with E-state index in [-0.39, 0.29) is 29.6 Å². The van der Waals surface area contributed by atoms with E-state index in [4.69, 9.17) is 9.52 Å². The van der Waals surface area contributed by atoms with Crippen LogP contribution in [0.3, 0.4) is 0 Å². The minimum absolute atomic E-state index is 0.0491. The average Bonchev–Trinajstić information content (AvgIpc) is 3.02. The molecule has 0 fully saturated rings. The van der Waals surface area contributed by atoms with Gasteiger partial charge in [-0.1, -0.05) is 12.1 Å². The molecule has 1 heterocycles. The quantitative estimate of drug-likeness (QED) is 0.542. The number of hydrogen-bond acceptors (Lipinski definition) is 3. The standard InChI is InChI=1S/C18H11F6NO3/c19-17(20,21)11-5-12(18(22,23)24)7-13(6-11)25-8-9-1-2-10-4-15(16(26)27)28-14(10)3-9/h1-7,25H,8H2,(H,26,27). The van der Waals surface area contributed by atoms with E-state index in [1.54, 1.807) is 6.07 Å². The van der Waals surface area contributed by atoms with E-state index in [1.807, 2.05) is 0 Å². The van der Waals surface area contributed by atoms with Gasteiger partial charge < -0.3 is 14.8 Å². The smallest absolute Gasteiger partial charge is 0.416 e. The molecule has 1 aromatic heterocycles. The first-order valence-corrected chi connectivity index (χ1v) is 7.72. The molecule has 0 aliphatic rings. The summed E-state index contributed by atoms with van der Waals surface area (Å²) in [6.45, 7) is -0.0996. The number of rotatable bonds is 4. The molecule has 4 nitrogen and oxygen atoms in total. The largest absolute Gasteiger partial charge is 0.475 e. The molecule has 10 heteroatoms. The van der Waals surface area contributed by atoms with Crippen LogP contribution in [-0.4, -0.2) is 11.1 Å². The maximum atomic E-state index is 12.9. The number of carboxylic acids is 1. The van der Waals surface area contributed by atoms with E-state index in [0.717, 1.165) is 0 Å². The normalized spacial score (nSPS) is 12.4. The highest BCUT2D eigenvalue weighted by atomic mass is 19.4. The Bertz CT molecular complexity index is 1000. The number of anilines is 1. The highest BCUT2D eigenvalue weighted by molar-refractivity contribution is 5.91. The van der Waals surface area contributed by atoms with Crippen molar-refractivity contribution in [3.8, 4) is 0 Å². The lowest BCUT2D eigenvalue weighted by Gasteiger charge is -2.15. The Morgan fingerprint density at radius 2 is 1.54 bits per heavy atom. The number of carbonyl (C=O) groups is 1. The van der Waals surface area contributed by atoms with Crippen molar-refractivity contribution in [3.63, 3.8) is 0 Å². The molecule has 148 valence electrons. The lowest BCUT2D eigenvalue weighted by molar-refractivity contribution is -0.143. The third kappa shape index (κ3) is 4.21. The number of benzene rings is 2. The molecule has 0 spiro atoms. The van der Waals surface area contributed by atoms with Gasteiger partial charge in [0.15, 0.2) is 0 Å². The molecule has 0 atom stereocenters. The van der Waals surface area contributed by atoms with E-state index in [0.29, 0.717) is 23.1 Å². The van der Waals surface area contributed by atoms with Crippen LogP contribution in [0.15, 0.2) is 46.9 Å². The minimum Gasteiger partial charge on any atom is -0.475 e. The van der Waals surface area contributed by atoms with E-state index in [1.165, 1.54) is 18.2 Å². The zero-order chi connectivity index (χ0) is 20.7. The van der Waals surface area contributed by atoms with Crippen LogP contribution in [-0.2, 0) is 18.9 Å². The zero-order valence-corrected chi connectivity index (χ0v) is 13.8. The molecule has 3 aromatic rings. The molecule has 0 amide bonds. The van der Waals surface area contributed by atoms with E-state index in [9.17, 15) is 31.1 Å². The van der Waals surface area contributed by atoms with Crippen LogP contribution < -0.4 is 5.32 Å². The molecular formula is C18H11F6NO3. The summed E-state index contributed by atoms with van der Waals surface area (Å²) in [5, 5.41) is 11.9. The molecular weight excluding hydrogens is 392 g/mol. The van der Waals surface area contributed by atoms with Gasteiger partial charge in [-0.15, -0.1) is 0 Å². The number of fused-ring (bicyclic) bond motifs is 1. The second kappa shape index (κ2) is 6.77. The summed E-state index contributed by atoms with van der Waals surface area (Å²) in [6, 6.07) is 7.06. The second-order valence-electron chi connectivity index (χ2n) is 5.94. The summed E-state index contributed by atoms with van der Waals surface area (Å²) < 4.78 is 82.4. The van der Waals surface area contributed by atoms with E-state index in [2.05, 4.69) is 5.32 Å². The molecule has 0 radical (unpaired) electrons. The monoisotopic (exact) mass is 403 g/mol. The topological polar surface area (TPSA) is 62.5 Å². The Morgan fingerprint density at radius 1 is 0.929 bits per heavy atom. The lowest BCUT2D eigenvalue weighted by Crippen LogP contribution is -2.12. The fraction of sp³-hybridized carbons (Fsp3) is 0.167. The summed E-state index contributed by atoms with van der Waals surface area (Å²) >= 11 is 0. The van der Waals surface area contributed by atoms with Crippen molar-refractivity contribution in [3.05, 3.63) is 64.9 Å². The van der Waals surface area contributed by atoms with Crippen LogP contribution in [0.5, 0.6) is 0 Å². The number of alkyl halides is 6. The number of nitrogens with one attached hydrogen (secondary N) is 1. The molecule has 2 N–H and O–H groups in total. The van der Waals surface area contributed by atoms with Crippen molar-refractivity contribution in [2.24, 2.45) is 0 Å². The van der Waals surface area contributed by atoms with Crippen LogP contribution >= 0.6 is 0 Å². The van der Waals surface area contributed by atoms with Gasteiger partial charge in [0.1, 0.15) is 5.58 Å². The molecule has 2 aromatic carbocycles. The first-order valence-electron chi connectivity index (χ1n) is 7.72. The zero-order valence-electron chi connectivity index (χ0n) is 13.8. The Balaban J connectivity index is 1.87. The van der Waals surface area contributed by atoms with Crippen LogP contribution in [0.25, 0.3) is 11.0 Å². The molecule has 0 aliphatic carbocycles. The highest BCUT2D eigenvalue weighted by Crippen LogP contribution is 2.37. The molecule has 28 heavy (non-hydrogen) atoms. The average molecular weight is 403 g/mol. The molecule has 0 aliphatic heterocycles. The Morgan fingerprint density at radius 3 is 2.07 bits per heavy atom. The van der Waals surface area contributed by atoms with Gasteiger partial charge in [0.05, 0.1) is 11.1 Å². The van der Waals surface area contributed by atoms with Gasteiger partial charge >= 0.3 is 18.3 Å². The van der Waals surface area contributed by atoms with Gasteiger partial charge in [-0.25, -0.2) is 4.79 Å². The van der Waals surface area contributed by atoms with Crippen molar-refractivity contribution < 1.29 is 40.7 Å². The van der Waals surface area contributed by atoms with E-state index >= 15 is 0 Å². The third-order valence-electron chi connectivity index (χ3n) is 3.88. The molecule has 0 unspecified atom stereocenters. The first kappa shape index (κ1) is 19.6.